The van der Waals surface area contributed by atoms with E-state index < -0.39 is 5.97 Å². The van der Waals surface area contributed by atoms with Crippen LogP contribution in [0, 0.1) is 0 Å². The van der Waals surface area contributed by atoms with Crippen molar-refractivity contribution in [3.63, 3.8) is 0 Å². The van der Waals surface area contributed by atoms with Crippen molar-refractivity contribution in [1.82, 2.24) is 4.98 Å². The van der Waals surface area contributed by atoms with E-state index in [1.165, 1.54) is 25.4 Å². The molecule has 0 unspecified atom stereocenters. The van der Waals surface area contributed by atoms with Crippen molar-refractivity contribution in [2.75, 3.05) is 30.4 Å². The van der Waals surface area contributed by atoms with E-state index in [0.29, 0.717) is 49.0 Å². The molecule has 1 N–H and O–H groups in total. The van der Waals surface area contributed by atoms with Crippen molar-refractivity contribution in [3.05, 3.63) is 53.0 Å². The first kappa shape index (κ1) is 23.6. The van der Waals surface area contributed by atoms with Gasteiger partial charge in [0.1, 0.15) is 12.2 Å². The molecule has 0 spiro atoms. The van der Waals surface area contributed by atoms with Crippen LogP contribution in [-0.2, 0) is 14.3 Å². The van der Waals surface area contributed by atoms with E-state index in [-0.39, 0.29) is 12.5 Å². The fourth-order valence-corrected chi connectivity index (χ4v) is 4.11. The highest BCUT2D eigenvalue weighted by molar-refractivity contribution is 7.22. The van der Waals surface area contributed by atoms with Gasteiger partial charge in [-0.2, -0.15) is 0 Å². The second kappa shape index (κ2) is 10.5. The third kappa shape index (κ3) is 5.61. The van der Waals surface area contributed by atoms with Gasteiger partial charge in [0.05, 0.1) is 33.1 Å². The number of azo groups is 1. The van der Waals surface area contributed by atoms with Gasteiger partial charge in [-0.25, -0.2) is 4.98 Å². The summed E-state index contributed by atoms with van der Waals surface area (Å²) in [6, 6.07) is 8.59. The van der Waals surface area contributed by atoms with Crippen molar-refractivity contribution in [1.29, 1.82) is 0 Å². The number of nitrogens with zero attached hydrogens (tertiary/aromatic N) is 4. The molecule has 0 aliphatic heterocycles. The van der Waals surface area contributed by atoms with Crippen LogP contribution >= 0.6 is 34.5 Å². The second-order valence-corrected chi connectivity index (χ2v) is 8.30. The SMILES string of the molecule is C=CCN(CC(=O)OC)c1ccc(N=Nc2nc3ccc(Cl)c(Cl)c3s2)c(NC(C)=O)c1. The highest BCUT2D eigenvalue weighted by Gasteiger charge is 2.14. The molecule has 8 nitrogen and oxygen atoms in total. The average Bonchev–Trinajstić information content (AvgIpc) is 3.18. The number of benzene rings is 2. The number of carbonyl (C=O) groups is 2. The number of ether oxygens (including phenoxy) is 1. The van der Waals surface area contributed by atoms with Crippen LogP contribution in [0.15, 0.2) is 53.2 Å². The normalized spacial score (nSPS) is 11.0. The van der Waals surface area contributed by atoms with Gasteiger partial charge in [0.2, 0.25) is 11.0 Å². The van der Waals surface area contributed by atoms with Crippen molar-refractivity contribution in [2.45, 2.75) is 6.92 Å². The molecule has 32 heavy (non-hydrogen) atoms. The van der Waals surface area contributed by atoms with Crippen LogP contribution in [0.5, 0.6) is 0 Å². The zero-order chi connectivity index (χ0) is 23.3. The van der Waals surface area contributed by atoms with E-state index in [1.54, 1.807) is 41.3 Å². The quantitative estimate of drug-likeness (QED) is 0.231. The van der Waals surface area contributed by atoms with E-state index in [0.717, 1.165) is 0 Å². The first-order valence-electron chi connectivity index (χ1n) is 9.33. The predicted octanol–water partition coefficient (Wildman–Crippen LogP) is 6.14. The number of hydrogen-bond acceptors (Lipinski definition) is 8. The number of hydrogen-bond donors (Lipinski definition) is 1. The first-order valence-corrected chi connectivity index (χ1v) is 10.9. The molecule has 166 valence electrons. The number of rotatable bonds is 8. The molecule has 2 aromatic carbocycles. The first-order chi connectivity index (χ1) is 15.3. The molecule has 0 radical (unpaired) electrons. The number of nitrogens with one attached hydrogen (secondary N) is 1. The molecule has 0 aliphatic rings. The van der Waals surface area contributed by atoms with Crippen molar-refractivity contribution in [3.8, 4) is 0 Å². The van der Waals surface area contributed by atoms with Crippen molar-refractivity contribution in [2.24, 2.45) is 10.2 Å². The Kier molecular flexibility index (Phi) is 7.79. The van der Waals surface area contributed by atoms with Crippen LogP contribution in [0.25, 0.3) is 10.2 Å². The molecule has 0 atom stereocenters. The number of anilines is 2. The maximum absolute atomic E-state index is 11.8. The Labute approximate surface area is 198 Å². The highest BCUT2D eigenvalue weighted by atomic mass is 35.5. The van der Waals surface area contributed by atoms with Crippen LogP contribution in [-0.4, -0.2) is 37.1 Å². The van der Waals surface area contributed by atoms with Crippen LogP contribution in [0.4, 0.5) is 22.2 Å². The van der Waals surface area contributed by atoms with Crippen LogP contribution in [0.1, 0.15) is 6.92 Å². The fourth-order valence-electron chi connectivity index (χ4n) is 2.80. The Morgan fingerprint density at radius 1 is 1.28 bits per heavy atom. The molecule has 1 amide bonds. The maximum Gasteiger partial charge on any atom is 0.325 e. The minimum absolute atomic E-state index is 0.0257. The summed E-state index contributed by atoms with van der Waals surface area (Å²) in [5.74, 6) is -0.672. The third-order valence-electron chi connectivity index (χ3n) is 4.24. The van der Waals surface area contributed by atoms with Gasteiger partial charge >= 0.3 is 5.97 Å². The molecule has 11 heteroatoms. The molecule has 3 rings (SSSR count). The van der Waals surface area contributed by atoms with Gasteiger partial charge in [-0.15, -0.1) is 16.8 Å². The Bertz CT molecular complexity index is 1210. The molecule has 0 saturated heterocycles. The minimum atomic E-state index is -0.397. The number of methoxy groups -OCH3 is 1. The number of carbonyl (C=O) groups excluding carboxylic acids is 2. The summed E-state index contributed by atoms with van der Waals surface area (Å²) in [6.07, 6.45) is 1.67. The average molecular weight is 492 g/mol. The lowest BCUT2D eigenvalue weighted by atomic mass is 10.2. The van der Waals surface area contributed by atoms with E-state index in [1.807, 2.05) is 0 Å². The third-order valence-corrected chi connectivity index (χ3v) is 6.12. The van der Waals surface area contributed by atoms with Gasteiger partial charge < -0.3 is 15.0 Å². The standard InChI is InChI=1S/C21H19Cl2N5O3S/c1-4-9-28(11-18(30)31-3)13-5-7-15(17(10-13)24-12(2)29)26-27-21-25-16-8-6-14(22)19(23)20(16)32-21/h4-8,10H,1,9,11H2,2-3H3,(H,24,29). The molecule has 1 heterocycles. The molecular formula is C21H19Cl2N5O3S. The molecule has 0 saturated carbocycles. The number of esters is 1. The largest absolute Gasteiger partial charge is 0.468 e. The number of thiazole rings is 1. The van der Waals surface area contributed by atoms with Crippen molar-refractivity contribution < 1.29 is 14.3 Å². The predicted molar refractivity (Wildman–Crippen MR) is 129 cm³/mol. The molecule has 3 aromatic rings. The van der Waals surface area contributed by atoms with Gasteiger partial charge in [-0.05, 0) is 30.3 Å². The summed E-state index contributed by atoms with van der Waals surface area (Å²) < 4.78 is 5.47. The Balaban J connectivity index is 1.95. The van der Waals surface area contributed by atoms with Crippen molar-refractivity contribution >= 4 is 78.8 Å². The Morgan fingerprint density at radius 3 is 2.75 bits per heavy atom. The number of fused-ring (bicyclic) bond motifs is 1. The smallest absolute Gasteiger partial charge is 0.325 e. The number of aromatic nitrogens is 1. The summed E-state index contributed by atoms with van der Waals surface area (Å²) in [6.45, 7) is 5.54. The summed E-state index contributed by atoms with van der Waals surface area (Å²) >= 11 is 13.5. The minimum Gasteiger partial charge on any atom is -0.468 e. The van der Waals surface area contributed by atoms with Gasteiger partial charge in [0.15, 0.2) is 0 Å². The number of amides is 1. The van der Waals surface area contributed by atoms with Crippen LogP contribution < -0.4 is 10.2 Å². The molecular weight excluding hydrogens is 473 g/mol. The van der Waals surface area contributed by atoms with E-state index >= 15 is 0 Å². The molecule has 0 bridgehead atoms. The van der Waals surface area contributed by atoms with Gasteiger partial charge in [-0.3, -0.25) is 9.59 Å². The molecule has 0 fully saturated rings. The lowest BCUT2D eigenvalue weighted by Crippen LogP contribution is -2.30. The van der Waals surface area contributed by atoms with Crippen LogP contribution in [0.2, 0.25) is 10.0 Å². The molecule has 1 aromatic heterocycles. The summed E-state index contributed by atoms with van der Waals surface area (Å²) in [5.41, 5.74) is 2.20. The van der Waals surface area contributed by atoms with Gasteiger partial charge in [0, 0.05) is 19.2 Å². The monoisotopic (exact) mass is 491 g/mol. The lowest BCUT2D eigenvalue weighted by Gasteiger charge is -2.23. The zero-order valence-corrected chi connectivity index (χ0v) is 19.6. The van der Waals surface area contributed by atoms with E-state index in [9.17, 15) is 9.59 Å². The van der Waals surface area contributed by atoms with Crippen LogP contribution in [0.3, 0.4) is 0 Å². The highest BCUT2D eigenvalue weighted by Crippen LogP contribution is 2.38. The molecule has 0 aliphatic carbocycles. The van der Waals surface area contributed by atoms with Gasteiger partial charge in [-0.1, -0.05) is 40.6 Å². The second-order valence-electron chi connectivity index (χ2n) is 6.53. The number of halogens is 2. The van der Waals surface area contributed by atoms with E-state index in [2.05, 4.69) is 27.1 Å². The van der Waals surface area contributed by atoms with Gasteiger partial charge in [0.25, 0.3) is 0 Å². The maximum atomic E-state index is 11.8. The summed E-state index contributed by atoms with van der Waals surface area (Å²) in [7, 11) is 1.32. The summed E-state index contributed by atoms with van der Waals surface area (Å²) in [5, 5.41) is 12.4. The van der Waals surface area contributed by atoms with E-state index in [4.69, 9.17) is 27.9 Å². The zero-order valence-electron chi connectivity index (χ0n) is 17.3. The Morgan fingerprint density at radius 2 is 2.06 bits per heavy atom. The Hall–Kier alpha value is -3.01. The fraction of sp³-hybridized carbons (Fsp3) is 0.190. The summed E-state index contributed by atoms with van der Waals surface area (Å²) in [4.78, 5) is 29.6. The topological polar surface area (TPSA) is 96.2 Å². The lowest BCUT2D eigenvalue weighted by molar-refractivity contribution is -0.138.